The first-order valence-electron chi connectivity index (χ1n) is 13.4. The van der Waals surface area contributed by atoms with Gasteiger partial charge in [0, 0.05) is 18.1 Å². The smallest absolute Gasteiger partial charge is 0.354 e. The molecule has 0 saturated heterocycles. The molecule has 1 N–H and O–H groups in total. The van der Waals surface area contributed by atoms with Crippen LogP contribution in [-0.4, -0.2) is 44.3 Å². The Hall–Kier alpha value is -3.28. The molecule has 0 heterocycles. The number of nitrogens with one attached hydrogen (secondary N) is 1. The molecule has 0 aliphatic carbocycles. The number of benzene rings is 3. The Morgan fingerprint density at radius 2 is 1.60 bits per heavy atom. The van der Waals surface area contributed by atoms with Crippen molar-refractivity contribution in [2.75, 3.05) is 17.4 Å². The third-order valence-corrected chi connectivity index (χ3v) is 9.06. The van der Waals surface area contributed by atoms with Crippen LogP contribution in [0.5, 0.6) is 0 Å². The van der Waals surface area contributed by atoms with Crippen LogP contribution in [0.1, 0.15) is 43.4 Å². The molecule has 3 aromatic carbocycles. The molecular formula is C30H32Cl2F3N3O4S. The largest absolute Gasteiger partial charge is 0.417 e. The second kappa shape index (κ2) is 14.5. The lowest BCUT2D eigenvalue weighted by Gasteiger charge is -2.32. The zero-order chi connectivity index (χ0) is 31.9. The minimum atomic E-state index is -4.89. The van der Waals surface area contributed by atoms with Gasteiger partial charge in [-0.25, -0.2) is 8.42 Å². The van der Waals surface area contributed by atoms with Crippen molar-refractivity contribution in [1.82, 2.24) is 10.2 Å². The number of carbonyl (C=O) groups is 2. The van der Waals surface area contributed by atoms with Gasteiger partial charge in [-0.05, 0) is 68.3 Å². The first kappa shape index (κ1) is 34.2. The van der Waals surface area contributed by atoms with Crippen LogP contribution in [0.25, 0.3) is 0 Å². The van der Waals surface area contributed by atoms with Crippen LogP contribution in [0.3, 0.4) is 0 Å². The molecule has 0 aromatic heterocycles. The standard InChI is InChI=1S/C30H32Cl2F3N3O4S/c1-4-5-16-36-29(40)21(3)37(18-22-8-10-23(31)11-9-22)28(39)19-38(43(41,42)25-13-6-20(2)7-14-25)24-12-15-27(32)26(17-24)30(33,34)35/h6-15,17,21H,4-5,16,18-19H2,1-3H3,(H,36,40)/t21-/m1/s1. The van der Waals surface area contributed by atoms with E-state index in [-0.39, 0.29) is 11.4 Å². The van der Waals surface area contributed by atoms with Crippen LogP contribution in [0, 0.1) is 6.92 Å². The van der Waals surface area contributed by atoms with Gasteiger partial charge in [-0.15, -0.1) is 0 Å². The maximum Gasteiger partial charge on any atom is 0.417 e. The molecule has 0 radical (unpaired) electrons. The summed E-state index contributed by atoms with van der Waals surface area (Å²) in [4.78, 5) is 27.9. The number of hydrogen-bond donors (Lipinski definition) is 1. The van der Waals surface area contributed by atoms with Crippen molar-refractivity contribution >= 4 is 50.7 Å². The molecule has 3 aromatic rings. The lowest BCUT2D eigenvalue weighted by Crippen LogP contribution is -2.51. The van der Waals surface area contributed by atoms with Crippen LogP contribution in [-0.2, 0) is 32.3 Å². The highest BCUT2D eigenvalue weighted by Crippen LogP contribution is 2.38. The monoisotopic (exact) mass is 657 g/mol. The van der Waals surface area contributed by atoms with Crippen LogP contribution in [0.15, 0.2) is 71.6 Å². The Labute approximate surface area is 259 Å². The van der Waals surface area contributed by atoms with Crippen molar-refractivity contribution in [2.24, 2.45) is 0 Å². The van der Waals surface area contributed by atoms with Gasteiger partial charge in [-0.2, -0.15) is 13.2 Å². The summed E-state index contributed by atoms with van der Waals surface area (Å²) in [6.07, 6.45) is -3.35. The molecule has 0 aliphatic rings. The number of nitrogens with zero attached hydrogens (tertiary/aromatic N) is 2. The lowest BCUT2D eigenvalue weighted by atomic mass is 10.1. The fourth-order valence-corrected chi connectivity index (χ4v) is 5.91. The van der Waals surface area contributed by atoms with E-state index in [1.807, 2.05) is 6.92 Å². The summed E-state index contributed by atoms with van der Waals surface area (Å²) in [5.41, 5.74) is -0.323. The molecule has 232 valence electrons. The average molecular weight is 659 g/mol. The van der Waals surface area contributed by atoms with E-state index >= 15 is 0 Å². The van der Waals surface area contributed by atoms with E-state index in [0.717, 1.165) is 24.1 Å². The number of sulfonamides is 1. The number of alkyl halides is 3. The molecule has 0 fully saturated rings. The Morgan fingerprint density at radius 1 is 0.977 bits per heavy atom. The van der Waals surface area contributed by atoms with Crippen LogP contribution >= 0.6 is 23.2 Å². The maximum absolute atomic E-state index is 13.9. The van der Waals surface area contributed by atoms with Gasteiger partial charge in [0.1, 0.15) is 12.6 Å². The number of amides is 2. The molecule has 2 amide bonds. The van der Waals surface area contributed by atoms with Gasteiger partial charge in [0.05, 0.1) is 21.2 Å². The number of anilines is 1. The third-order valence-electron chi connectivity index (χ3n) is 6.69. The molecule has 1 atom stereocenters. The van der Waals surface area contributed by atoms with E-state index in [1.54, 1.807) is 31.2 Å². The molecule has 3 rings (SSSR count). The van der Waals surface area contributed by atoms with E-state index < -0.39 is 56.9 Å². The fraction of sp³-hybridized carbons (Fsp3) is 0.333. The summed E-state index contributed by atoms with van der Waals surface area (Å²) in [5.74, 6) is -1.28. The second-order valence-electron chi connectivity index (χ2n) is 9.96. The topological polar surface area (TPSA) is 86.8 Å². The Bertz CT molecular complexity index is 1530. The maximum atomic E-state index is 13.9. The molecular weight excluding hydrogens is 626 g/mol. The van der Waals surface area contributed by atoms with Crippen LogP contribution < -0.4 is 9.62 Å². The van der Waals surface area contributed by atoms with Crippen LogP contribution in [0.2, 0.25) is 10.0 Å². The Kier molecular flexibility index (Phi) is 11.5. The molecule has 0 saturated carbocycles. The highest BCUT2D eigenvalue weighted by atomic mass is 35.5. The van der Waals surface area contributed by atoms with Crippen molar-refractivity contribution in [2.45, 2.75) is 57.3 Å². The minimum Gasteiger partial charge on any atom is -0.354 e. The van der Waals surface area contributed by atoms with Gasteiger partial charge >= 0.3 is 6.18 Å². The van der Waals surface area contributed by atoms with Crippen molar-refractivity contribution in [1.29, 1.82) is 0 Å². The fourth-order valence-electron chi connectivity index (χ4n) is 4.16. The van der Waals surface area contributed by atoms with Crippen molar-refractivity contribution in [3.8, 4) is 0 Å². The highest BCUT2D eigenvalue weighted by Gasteiger charge is 2.37. The van der Waals surface area contributed by atoms with Gasteiger partial charge < -0.3 is 10.2 Å². The van der Waals surface area contributed by atoms with Gasteiger partial charge in [-0.1, -0.05) is 66.4 Å². The minimum absolute atomic E-state index is 0.0921. The lowest BCUT2D eigenvalue weighted by molar-refractivity contribution is -0.139. The Balaban J connectivity index is 2.09. The normalized spacial score (nSPS) is 12.5. The second-order valence-corrected chi connectivity index (χ2v) is 12.7. The van der Waals surface area contributed by atoms with Crippen molar-refractivity contribution in [3.63, 3.8) is 0 Å². The number of rotatable bonds is 12. The first-order chi connectivity index (χ1) is 20.1. The molecule has 13 heteroatoms. The van der Waals surface area contributed by atoms with Gasteiger partial charge in [0.15, 0.2) is 0 Å². The predicted molar refractivity (Wildman–Crippen MR) is 162 cm³/mol. The summed E-state index contributed by atoms with van der Waals surface area (Å²) in [7, 11) is -4.56. The Morgan fingerprint density at radius 3 is 2.19 bits per heavy atom. The number of carbonyl (C=O) groups excluding carboxylic acids is 2. The molecule has 43 heavy (non-hydrogen) atoms. The molecule has 0 unspecified atom stereocenters. The molecule has 0 aliphatic heterocycles. The molecule has 0 spiro atoms. The third kappa shape index (κ3) is 8.87. The average Bonchev–Trinajstić information content (AvgIpc) is 2.95. The van der Waals surface area contributed by atoms with E-state index in [9.17, 15) is 31.2 Å². The first-order valence-corrected chi connectivity index (χ1v) is 15.6. The van der Waals surface area contributed by atoms with Gasteiger partial charge in [-0.3, -0.25) is 13.9 Å². The summed E-state index contributed by atoms with van der Waals surface area (Å²) in [6, 6.07) is 13.8. The summed E-state index contributed by atoms with van der Waals surface area (Å²) in [6.45, 7) is 4.59. The highest BCUT2D eigenvalue weighted by molar-refractivity contribution is 7.92. The zero-order valence-electron chi connectivity index (χ0n) is 23.8. The number of aryl methyl sites for hydroxylation is 1. The summed E-state index contributed by atoms with van der Waals surface area (Å²) in [5, 5.41) is 2.59. The number of unbranched alkanes of at least 4 members (excludes halogenated alkanes) is 1. The summed E-state index contributed by atoms with van der Waals surface area (Å²) >= 11 is 11.8. The van der Waals surface area contributed by atoms with E-state index in [0.29, 0.717) is 33.9 Å². The quantitative estimate of drug-likeness (QED) is 0.216. The SMILES string of the molecule is CCCCNC(=O)[C@@H](C)N(Cc1ccc(Cl)cc1)C(=O)CN(c1ccc(Cl)c(C(F)(F)F)c1)S(=O)(=O)c1ccc(C)cc1. The van der Waals surface area contributed by atoms with E-state index in [4.69, 9.17) is 23.2 Å². The van der Waals surface area contributed by atoms with Gasteiger partial charge in [0.25, 0.3) is 10.0 Å². The molecule has 7 nitrogen and oxygen atoms in total. The van der Waals surface area contributed by atoms with E-state index in [1.165, 1.54) is 36.1 Å². The van der Waals surface area contributed by atoms with Crippen molar-refractivity contribution in [3.05, 3.63) is 93.5 Å². The van der Waals surface area contributed by atoms with E-state index in [2.05, 4.69) is 5.32 Å². The zero-order valence-corrected chi connectivity index (χ0v) is 26.1. The van der Waals surface area contributed by atoms with Crippen molar-refractivity contribution < 1.29 is 31.2 Å². The number of hydrogen-bond acceptors (Lipinski definition) is 4. The summed E-state index contributed by atoms with van der Waals surface area (Å²) < 4.78 is 69.6. The van der Waals surface area contributed by atoms with Crippen LogP contribution in [0.4, 0.5) is 18.9 Å². The predicted octanol–water partition coefficient (Wildman–Crippen LogP) is 6.85. The number of halogens is 5. The molecule has 0 bridgehead atoms. The van der Waals surface area contributed by atoms with Gasteiger partial charge in [0.2, 0.25) is 11.8 Å².